The first-order chi connectivity index (χ1) is 6.25. The van der Waals surface area contributed by atoms with Crippen LogP contribution in [0.1, 0.15) is 5.56 Å². The van der Waals surface area contributed by atoms with Gasteiger partial charge in [-0.05, 0) is 18.2 Å². The Morgan fingerprint density at radius 1 is 1.31 bits per heavy atom. The quantitative estimate of drug-likeness (QED) is 0.508. The summed E-state index contributed by atoms with van der Waals surface area (Å²) in [5.74, 6) is -1.39. The summed E-state index contributed by atoms with van der Waals surface area (Å²) in [6.07, 6.45) is 3.27. The molecule has 0 amide bonds. The number of carbonyl (C=O) groups excluding carboxylic acids is 1. The van der Waals surface area contributed by atoms with Crippen LogP contribution in [0.3, 0.4) is 0 Å². The fourth-order valence-electron chi connectivity index (χ4n) is 0.812. The first-order valence-corrected chi connectivity index (χ1v) is 3.43. The summed E-state index contributed by atoms with van der Waals surface area (Å²) in [4.78, 5) is 12.7. The maximum absolute atomic E-state index is 12.8. The summed E-state index contributed by atoms with van der Waals surface area (Å²) >= 11 is 0. The molecule has 0 fully saturated rings. The van der Waals surface area contributed by atoms with Crippen molar-refractivity contribution in [1.29, 1.82) is 0 Å². The lowest BCUT2D eigenvalue weighted by atomic mass is 10.2. The molecule has 4 heteroatoms. The molecule has 2 nitrogen and oxygen atoms in total. The lowest BCUT2D eigenvalue weighted by Gasteiger charge is -1.96. The molecule has 0 saturated carbocycles. The van der Waals surface area contributed by atoms with Crippen molar-refractivity contribution in [2.45, 2.75) is 0 Å². The highest BCUT2D eigenvalue weighted by atomic mass is 19.1. The Morgan fingerprint density at radius 2 is 1.92 bits per heavy atom. The van der Waals surface area contributed by atoms with E-state index in [-0.39, 0.29) is 5.56 Å². The number of hydrogen-bond acceptors (Lipinski definition) is 2. The fraction of sp³-hybridized carbons (Fsp3) is 0. The van der Waals surface area contributed by atoms with Crippen LogP contribution >= 0.6 is 0 Å². The van der Waals surface area contributed by atoms with Gasteiger partial charge < -0.3 is 0 Å². The van der Waals surface area contributed by atoms with Crippen molar-refractivity contribution in [3.63, 3.8) is 0 Å². The van der Waals surface area contributed by atoms with Crippen LogP contribution in [0.2, 0.25) is 0 Å². The molecule has 0 radical (unpaired) electrons. The second-order valence-electron chi connectivity index (χ2n) is 2.17. The summed E-state index contributed by atoms with van der Waals surface area (Å²) in [7, 11) is 0. The minimum absolute atomic E-state index is 0.221. The van der Waals surface area contributed by atoms with E-state index in [1.165, 1.54) is 12.1 Å². The molecular weight excluding hydrogens is 176 g/mol. The Bertz CT molecular complexity index is 361. The van der Waals surface area contributed by atoms with Gasteiger partial charge in [0.25, 0.3) is 0 Å². The SMILES string of the molecule is O=C=N/C=C\c1c(F)cccc1F. The van der Waals surface area contributed by atoms with Crippen molar-refractivity contribution in [3.8, 4) is 0 Å². The molecule has 0 bridgehead atoms. The first-order valence-electron chi connectivity index (χ1n) is 3.43. The Kier molecular flexibility index (Phi) is 3.06. The number of halogens is 2. The molecule has 1 aromatic rings. The van der Waals surface area contributed by atoms with Crippen molar-refractivity contribution >= 4 is 12.2 Å². The zero-order chi connectivity index (χ0) is 9.68. The number of aliphatic imine (C=N–C) groups is 1. The lowest BCUT2D eigenvalue weighted by Crippen LogP contribution is -1.86. The van der Waals surface area contributed by atoms with E-state index >= 15 is 0 Å². The van der Waals surface area contributed by atoms with Gasteiger partial charge in [0.05, 0.1) is 0 Å². The minimum Gasteiger partial charge on any atom is -0.211 e. The standard InChI is InChI=1S/C9H5F2NO/c10-8-2-1-3-9(11)7(8)4-5-12-6-13/h1-5H/b5-4-. The molecular formula is C9H5F2NO. The predicted molar refractivity (Wildman–Crippen MR) is 43.5 cm³/mol. The maximum Gasteiger partial charge on any atom is 0.239 e. The van der Waals surface area contributed by atoms with Crippen LogP contribution in [-0.2, 0) is 4.79 Å². The largest absolute Gasteiger partial charge is 0.239 e. The summed E-state index contributed by atoms with van der Waals surface area (Å²) in [5, 5.41) is 0. The van der Waals surface area contributed by atoms with E-state index in [2.05, 4.69) is 4.99 Å². The smallest absolute Gasteiger partial charge is 0.211 e. The molecule has 0 unspecified atom stereocenters. The van der Waals surface area contributed by atoms with Gasteiger partial charge in [-0.15, -0.1) is 0 Å². The highest BCUT2D eigenvalue weighted by molar-refractivity contribution is 5.51. The second-order valence-corrected chi connectivity index (χ2v) is 2.17. The third kappa shape index (κ3) is 2.32. The summed E-state index contributed by atoms with van der Waals surface area (Å²) in [6, 6.07) is 3.49. The third-order valence-electron chi connectivity index (χ3n) is 1.37. The van der Waals surface area contributed by atoms with E-state index in [0.29, 0.717) is 0 Å². The summed E-state index contributed by atoms with van der Waals surface area (Å²) < 4.78 is 25.7. The summed E-state index contributed by atoms with van der Waals surface area (Å²) in [5.41, 5.74) is -0.221. The van der Waals surface area contributed by atoms with Crippen LogP contribution in [-0.4, -0.2) is 6.08 Å². The lowest BCUT2D eigenvalue weighted by molar-refractivity contribution is 0.565. The molecule has 0 aliphatic rings. The van der Waals surface area contributed by atoms with Crippen molar-refractivity contribution < 1.29 is 13.6 Å². The highest BCUT2D eigenvalue weighted by Gasteiger charge is 2.03. The van der Waals surface area contributed by atoms with E-state index in [4.69, 9.17) is 0 Å². The highest BCUT2D eigenvalue weighted by Crippen LogP contribution is 2.13. The number of nitrogens with zero attached hydrogens (tertiary/aromatic N) is 1. The van der Waals surface area contributed by atoms with Crippen LogP contribution in [0, 0.1) is 11.6 Å². The van der Waals surface area contributed by atoms with Gasteiger partial charge in [0.2, 0.25) is 6.08 Å². The maximum atomic E-state index is 12.8. The van der Waals surface area contributed by atoms with E-state index in [0.717, 1.165) is 24.4 Å². The van der Waals surface area contributed by atoms with Crippen LogP contribution in [0.4, 0.5) is 8.78 Å². The van der Waals surface area contributed by atoms with E-state index in [1.54, 1.807) is 0 Å². The number of hydrogen-bond donors (Lipinski definition) is 0. The molecule has 0 aliphatic heterocycles. The monoisotopic (exact) mass is 181 g/mol. The zero-order valence-electron chi connectivity index (χ0n) is 6.50. The molecule has 0 saturated heterocycles. The average molecular weight is 181 g/mol. The normalized spacial score (nSPS) is 10.0. The Hall–Kier alpha value is -1.80. The van der Waals surface area contributed by atoms with Crippen molar-refractivity contribution in [1.82, 2.24) is 0 Å². The Balaban J connectivity index is 3.06. The zero-order valence-corrected chi connectivity index (χ0v) is 6.50. The third-order valence-corrected chi connectivity index (χ3v) is 1.37. The molecule has 0 spiro atoms. The molecule has 13 heavy (non-hydrogen) atoms. The molecule has 0 aromatic heterocycles. The number of rotatable bonds is 2. The number of benzene rings is 1. The predicted octanol–water partition coefficient (Wildman–Crippen LogP) is 2.27. The molecule has 0 heterocycles. The van der Waals surface area contributed by atoms with Gasteiger partial charge in [0.1, 0.15) is 11.6 Å². The molecule has 66 valence electrons. The van der Waals surface area contributed by atoms with Gasteiger partial charge in [0.15, 0.2) is 0 Å². The molecule has 0 atom stereocenters. The minimum atomic E-state index is -0.697. The van der Waals surface area contributed by atoms with Crippen LogP contribution in [0.5, 0.6) is 0 Å². The molecule has 1 aromatic carbocycles. The molecule has 0 aliphatic carbocycles. The van der Waals surface area contributed by atoms with Gasteiger partial charge in [0, 0.05) is 11.8 Å². The van der Waals surface area contributed by atoms with Crippen molar-refractivity contribution in [2.24, 2.45) is 4.99 Å². The average Bonchev–Trinajstić information content (AvgIpc) is 2.10. The second kappa shape index (κ2) is 4.28. The van der Waals surface area contributed by atoms with E-state index in [9.17, 15) is 13.6 Å². The van der Waals surface area contributed by atoms with Crippen LogP contribution < -0.4 is 0 Å². The van der Waals surface area contributed by atoms with Crippen molar-refractivity contribution in [3.05, 3.63) is 41.6 Å². The fourth-order valence-corrected chi connectivity index (χ4v) is 0.812. The Morgan fingerprint density at radius 3 is 2.46 bits per heavy atom. The Labute approximate surface area is 73.2 Å². The topological polar surface area (TPSA) is 29.4 Å². The van der Waals surface area contributed by atoms with Gasteiger partial charge in [-0.2, -0.15) is 4.99 Å². The van der Waals surface area contributed by atoms with E-state index in [1.807, 2.05) is 0 Å². The van der Waals surface area contributed by atoms with E-state index < -0.39 is 11.6 Å². The first kappa shape index (κ1) is 9.29. The van der Waals surface area contributed by atoms with Gasteiger partial charge in [-0.25, -0.2) is 13.6 Å². The van der Waals surface area contributed by atoms with Crippen LogP contribution in [0.15, 0.2) is 29.4 Å². The number of isocyanates is 1. The van der Waals surface area contributed by atoms with Crippen LogP contribution in [0.25, 0.3) is 6.08 Å². The van der Waals surface area contributed by atoms with Gasteiger partial charge in [-0.3, -0.25) is 0 Å². The molecule has 0 N–H and O–H groups in total. The van der Waals surface area contributed by atoms with Gasteiger partial charge in [-0.1, -0.05) is 6.07 Å². The van der Waals surface area contributed by atoms with Gasteiger partial charge >= 0.3 is 0 Å². The molecule has 1 rings (SSSR count). The summed E-state index contributed by atoms with van der Waals surface area (Å²) in [6.45, 7) is 0. The van der Waals surface area contributed by atoms with Crippen molar-refractivity contribution in [2.75, 3.05) is 0 Å².